The van der Waals surface area contributed by atoms with Gasteiger partial charge in [0.1, 0.15) is 6.04 Å². The van der Waals surface area contributed by atoms with Gasteiger partial charge in [0, 0.05) is 13.2 Å². The molecule has 1 saturated heterocycles. The van der Waals surface area contributed by atoms with Crippen LogP contribution >= 0.6 is 0 Å². The summed E-state index contributed by atoms with van der Waals surface area (Å²) < 4.78 is 4.92. The molecule has 0 saturated carbocycles. The third kappa shape index (κ3) is 3.37. The summed E-state index contributed by atoms with van der Waals surface area (Å²) in [6.07, 6.45) is 1.79. The van der Waals surface area contributed by atoms with Crippen LogP contribution in [0, 0.1) is 0 Å². The second kappa shape index (κ2) is 6.32. The van der Waals surface area contributed by atoms with Crippen molar-refractivity contribution in [2.45, 2.75) is 31.7 Å². The van der Waals surface area contributed by atoms with Crippen LogP contribution in [0.2, 0.25) is 0 Å². The fourth-order valence-electron chi connectivity index (χ4n) is 1.70. The van der Waals surface area contributed by atoms with E-state index in [1.807, 2.05) is 0 Å². The molecule has 0 aliphatic carbocycles. The average molecular weight is 231 g/mol. The summed E-state index contributed by atoms with van der Waals surface area (Å²) in [5.74, 6) is -0.982. The average Bonchev–Trinajstić information content (AvgIpc) is 2.73. The molecule has 1 heterocycles. The van der Waals surface area contributed by atoms with E-state index < -0.39 is 18.1 Å². The first kappa shape index (κ1) is 12.8. The third-order valence-corrected chi connectivity index (χ3v) is 2.55. The lowest BCUT2D eigenvalue weighted by Gasteiger charge is -2.20. The summed E-state index contributed by atoms with van der Waals surface area (Å²) in [6.45, 7) is 0.733. The molecular weight excluding hydrogens is 214 g/mol. The molecule has 0 aromatic heterocycles. The maximum atomic E-state index is 11.5. The molecule has 1 unspecified atom stereocenters. The molecular formula is C10H17NO5. The van der Waals surface area contributed by atoms with Gasteiger partial charge in [0.15, 0.2) is 0 Å². The van der Waals surface area contributed by atoms with Gasteiger partial charge in [0.25, 0.3) is 0 Å². The van der Waals surface area contributed by atoms with Crippen molar-refractivity contribution in [2.75, 3.05) is 19.8 Å². The quantitative estimate of drug-likeness (QED) is 0.670. The number of likely N-dealkylation sites (tertiary alicyclic amines) is 1. The van der Waals surface area contributed by atoms with E-state index in [-0.39, 0.29) is 13.2 Å². The van der Waals surface area contributed by atoms with E-state index in [1.54, 1.807) is 0 Å². The maximum Gasteiger partial charge on any atom is 0.410 e. The number of aliphatic carboxylic acids is 1. The molecule has 1 aliphatic rings. The number of ether oxygens (including phenoxy) is 1. The Bertz CT molecular complexity index is 256. The van der Waals surface area contributed by atoms with Crippen LogP contribution in [0.4, 0.5) is 4.79 Å². The normalized spacial score (nSPS) is 19.8. The molecule has 1 atom stereocenters. The van der Waals surface area contributed by atoms with Crippen LogP contribution in [0.1, 0.15) is 25.7 Å². The van der Waals surface area contributed by atoms with Gasteiger partial charge < -0.3 is 14.9 Å². The molecule has 1 rings (SSSR count). The lowest BCUT2D eigenvalue weighted by atomic mass is 10.2. The van der Waals surface area contributed by atoms with Gasteiger partial charge in [-0.25, -0.2) is 9.59 Å². The second-order valence-electron chi connectivity index (χ2n) is 3.73. The molecule has 1 amide bonds. The van der Waals surface area contributed by atoms with E-state index in [1.165, 1.54) is 4.90 Å². The largest absolute Gasteiger partial charge is 0.480 e. The number of aliphatic hydroxyl groups excluding tert-OH is 1. The second-order valence-corrected chi connectivity index (χ2v) is 3.73. The number of rotatable bonds is 5. The molecule has 0 radical (unpaired) electrons. The summed E-state index contributed by atoms with van der Waals surface area (Å²) in [5, 5.41) is 17.4. The monoisotopic (exact) mass is 231 g/mol. The molecule has 1 fully saturated rings. The van der Waals surface area contributed by atoms with Crippen molar-refractivity contribution in [1.29, 1.82) is 0 Å². The summed E-state index contributed by atoms with van der Waals surface area (Å²) >= 11 is 0. The van der Waals surface area contributed by atoms with E-state index in [9.17, 15) is 9.59 Å². The summed E-state index contributed by atoms with van der Waals surface area (Å²) in [6, 6.07) is -0.745. The van der Waals surface area contributed by atoms with E-state index in [4.69, 9.17) is 14.9 Å². The SMILES string of the molecule is O=C(O)C1CCCN1C(=O)OCCCCO. The fourth-order valence-corrected chi connectivity index (χ4v) is 1.70. The number of carbonyl (C=O) groups excluding carboxylic acids is 1. The predicted octanol–water partition coefficient (Wildman–Crippen LogP) is 0.444. The topological polar surface area (TPSA) is 87.1 Å². The standard InChI is InChI=1S/C10H17NO5/c12-6-1-2-7-16-10(15)11-5-3-4-8(11)9(13)14/h8,12H,1-7H2,(H,13,14). The number of aliphatic hydroxyl groups is 1. The van der Waals surface area contributed by atoms with Crippen molar-refractivity contribution in [2.24, 2.45) is 0 Å². The minimum Gasteiger partial charge on any atom is -0.480 e. The van der Waals surface area contributed by atoms with Crippen LogP contribution in [0.15, 0.2) is 0 Å². The number of carboxylic acid groups (broad SMARTS) is 1. The lowest BCUT2D eigenvalue weighted by Crippen LogP contribution is -2.40. The zero-order chi connectivity index (χ0) is 12.0. The highest BCUT2D eigenvalue weighted by Crippen LogP contribution is 2.18. The molecule has 16 heavy (non-hydrogen) atoms. The highest BCUT2D eigenvalue weighted by Gasteiger charge is 2.34. The Hall–Kier alpha value is -1.30. The van der Waals surface area contributed by atoms with Crippen molar-refractivity contribution >= 4 is 12.1 Å². The van der Waals surface area contributed by atoms with Crippen molar-refractivity contribution in [3.05, 3.63) is 0 Å². The Labute approximate surface area is 93.8 Å². The summed E-state index contributed by atoms with van der Waals surface area (Å²) in [4.78, 5) is 23.6. The summed E-state index contributed by atoms with van der Waals surface area (Å²) in [5.41, 5.74) is 0. The fraction of sp³-hybridized carbons (Fsp3) is 0.800. The van der Waals surface area contributed by atoms with Gasteiger partial charge in [-0.15, -0.1) is 0 Å². The van der Waals surface area contributed by atoms with Gasteiger partial charge in [-0.3, -0.25) is 4.90 Å². The minimum atomic E-state index is -0.982. The van der Waals surface area contributed by atoms with E-state index in [2.05, 4.69) is 0 Å². The Morgan fingerprint density at radius 2 is 2.12 bits per heavy atom. The third-order valence-electron chi connectivity index (χ3n) is 2.55. The number of nitrogens with zero attached hydrogens (tertiary/aromatic N) is 1. The zero-order valence-corrected chi connectivity index (χ0v) is 9.09. The minimum absolute atomic E-state index is 0.0685. The lowest BCUT2D eigenvalue weighted by molar-refractivity contribution is -0.141. The smallest absolute Gasteiger partial charge is 0.410 e. The van der Waals surface area contributed by atoms with Crippen LogP contribution in [0.5, 0.6) is 0 Å². The molecule has 0 spiro atoms. The van der Waals surface area contributed by atoms with Crippen molar-refractivity contribution in [3.8, 4) is 0 Å². The van der Waals surface area contributed by atoms with Gasteiger partial charge in [0.05, 0.1) is 6.61 Å². The first-order valence-electron chi connectivity index (χ1n) is 5.44. The molecule has 92 valence electrons. The van der Waals surface area contributed by atoms with E-state index in [0.717, 1.165) is 0 Å². The number of hydrogen-bond donors (Lipinski definition) is 2. The molecule has 0 aromatic carbocycles. The highest BCUT2D eigenvalue weighted by atomic mass is 16.6. The molecule has 0 aromatic rings. The van der Waals surface area contributed by atoms with Crippen LogP contribution < -0.4 is 0 Å². The van der Waals surface area contributed by atoms with Gasteiger partial charge >= 0.3 is 12.1 Å². The number of carbonyl (C=O) groups is 2. The van der Waals surface area contributed by atoms with Crippen LogP contribution in [-0.4, -0.2) is 53.0 Å². The molecule has 6 heteroatoms. The first-order valence-corrected chi connectivity index (χ1v) is 5.44. The van der Waals surface area contributed by atoms with E-state index in [0.29, 0.717) is 32.2 Å². The number of carboxylic acids is 1. The summed E-state index contributed by atoms with van der Waals surface area (Å²) in [7, 11) is 0. The van der Waals surface area contributed by atoms with Crippen molar-refractivity contribution in [3.63, 3.8) is 0 Å². The Morgan fingerprint density at radius 1 is 1.38 bits per heavy atom. The molecule has 6 nitrogen and oxygen atoms in total. The van der Waals surface area contributed by atoms with Crippen molar-refractivity contribution in [1.82, 2.24) is 4.90 Å². The zero-order valence-electron chi connectivity index (χ0n) is 9.09. The number of hydrogen-bond acceptors (Lipinski definition) is 4. The molecule has 2 N–H and O–H groups in total. The Balaban J connectivity index is 2.32. The van der Waals surface area contributed by atoms with E-state index >= 15 is 0 Å². The molecule has 0 bridgehead atoms. The Kier molecular flexibility index (Phi) is 5.04. The maximum absolute atomic E-state index is 11.5. The van der Waals surface area contributed by atoms with Gasteiger partial charge in [-0.2, -0.15) is 0 Å². The molecule has 1 aliphatic heterocycles. The predicted molar refractivity (Wildman–Crippen MR) is 55.0 cm³/mol. The van der Waals surface area contributed by atoms with Crippen LogP contribution in [-0.2, 0) is 9.53 Å². The van der Waals surface area contributed by atoms with Crippen LogP contribution in [0.3, 0.4) is 0 Å². The Morgan fingerprint density at radius 3 is 2.75 bits per heavy atom. The number of unbranched alkanes of at least 4 members (excludes halogenated alkanes) is 1. The number of amides is 1. The highest BCUT2D eigenvalue weighted by molar-refractivity contribution is 5.80. The van der Waals surface area contributed by atoms with Crippen molar-refractivity contribution < 1.29 is 24.5 Å². The first-order chi connectivity index (χ1) is 7.66. The van der Waals surface area contributed by atoms with Gasteiger partial charge in [-0.1, -0.05) is 0 Å². The van der Waals surface area contributed by atoms with Gasteiger partial charge in [0.2, 0.25) is 0 Å². The van der Waals surface area contributed by atoms with Gasteiger partial charge in [-0.05, 0) is 25.7 Å². The van der Waals surface area contributed by atoms with Crippen LogP contribution in [0.25, 0.3) is 0 Å².